The minimum absolute atomic E-state index is 0.0506. The van der Waals surface area contributed by atoms with Gasteiger partial charge < -0.3 is 14.8 Å². The number of benzene rings is 3. The molecule has 1 heterocycles. The van der Waals surface area contributed by atoms with Gasteiger partial charge in [-0.3, -0.25) is 4.79 Å². The first kappa shape index (κ1) is 21.1. The van der Waals surface area contributed by atoms with E-state index in [4.69, 9.17) is 9.47 Å². The Hall–Kier alpha value is -3.10. The third-order valence-electron chi connectivity index (χ3n) is 5.24. The minimum Gasteiger partial charge on any atom is -0.486 e. The fourth-order valence-corrected chi connectivity index (χ4v) is 4.64. The summed E-state index contributed by atoms with van der Waals surface area (Å²) in [4.78, 5) is 12.6. The van der Waals surface area contributed by atoms with Crippen molar-refractivity contribution < 1.29 is 22.7 Å². The minimum atomic E-state index is -3.86. The number of carbonyl (C=O) groups excluding carboxylic acids is 1. The van der Waals surface area contributed by atoms with E-state index < -0.39 is 10.0 Å². The van der Waals surface area contributed by atoms with Gasteiger partial charge in [-0.15, -0.1) is 0 Å². The van der Waals surface area contributed by atoms with Gasteiger partial charge in [0.2, 0.25) is 15.9 Å². The molecule has 8 heteroatoms. The van der Waals surface area contributed by atoms with Crippen LogP contribution in [0.3, 0.4) is 0 Å². The van der Waals surface area contributed by atoms with E-state index in [1.807, 2.05) is 49.4 Å². The van der Waals surface area contributed by atoms with Gasteiger partial charge in [0.05, 0.1) is 17.5 Å². The second-order valence-electron chi connectivity index (χ2n) is 7.46. The molecule has 4 rings (SSSR count). The molecule has 0 fully saturated rings. The van der Waals surface area contributed by atoms with Crippen molar-refractivity contribution in [3.8, 4) is 11.5 Å². The van der Waals surface area contributed by atoms with E-state index in [9.17, 15) is 13.2 Å². The fourth-order valence-electron chi connectivity index (χ4n) is 3.50. The maximum Gasteiger partial charge on any atom is 0.243 e. The van der Waals surface area contributed by atoms with Crippen LogP contribution in [0.1, 0.15) is 18.5 Å². The number of amides is 1. The van der Waals surface area contributed by atoms with Crippen LogP contribution in [0.25, 0.3) is 10.8 Å². The largest absolute Gasteiger partial charge is 0.486 e. The summed E-state index contributed by atoms with van der Waals surface area (Å²) in [5.74, 6) is 0.509. The molecular formula is C23H24N2O5S. The number of nitrogens with one attached hydrogen (secondary N) is 1. The van der Waals surface area contributed by atoms with Crippen molar-refractivity contribution in [2.45, 2.75) is 17.9 Å². The molecule has 0 bridgehead atoms. The molecule has 0 spiro atoms. The smallest absolute Gasteiger partial charge is 0.243 e. The van der Waals surface area contributed by atoms with E-state index in [1.54, 1.807) is 6.07 Å². The summed E-state index contributed by atoms with van der Waals surface area (Å²) in [5, 5.41) is 5.08. The van der Waals surface area contributed by atoms with Crippen molar-refractivity contribution >= 4 is 26.7 Å². The number of hydrogen-bond donors (Lipinski definition) is 1. The molecule has 1 aliphatic heterocycles. The average molecular weight is 441 g/mol. The molecule has 3 aromatic rings. The maximum absolute atomic E-state index is 12.9. The number of sulfonamides is 1. The summed E-state index contributed by atoms with van der Waals surface area (Å²) in [7, 11) is -2.48. The lowest BCUT2D eigenvalue weighted by molar-refractivity contribution is -0.121. The van der Waals surface area contributed by atoms with E-state index in [2.05, 4.69) is 5.32 Å². The van der Waals surface area contributed by atoms with Crippen LogP contribution < -0.4 is 14.8 Å². The van der Waals surface area contributed by atoms with E-state index in [1.165, 1.54) is 19.2 Å². The Balaban J connectivity index is 1.43. The number of hydrogen-bond acceptors (Lipinski definition) is 5. The number of fused-ring (bicyclic) bond motifs is 2. The van der Waals surface area contributed by atoms with Crippen molar-refractivity contribution in [1.29, 1.82) is 0 Å². The van der Waals surface area contributed by atoms with Crippen LogP contribution in [0.15, 0.2) is 65.6 Å². The quantitative estimate of drug-likeness (QED) is 0.637. The molecule has 7 nitrogen and oxygen atoms in total. The molecule has 1 unspecified atom stereocenters. The second-order valence-corrected chi connectivity index (χ2v) is 9.51. The highest BCUT2D eigenvalue weighted by atomic mass is 32.2. The Bertz CT molecular complexity index is 1230. The third-order valence-corrected chi connectivity index (χ3v) is 7.04. The fraction of sp³-hybridized carbons (Fsp3) is 0.261. The molecule has 0 saturated carbocycles. The predicted molar refractivity (Wildman–Crippen MR) is 118 cm³/mol. The Kier molecular flexibility index (Phi) is 5.84. The van der Waals surface area contributed by atoms with Gasteiger partial charge in [-0.1, -0.05) is 36.4 Å². The van der Waals surface area contributed by atoms with E-state index in [0.29, 0.717) is 24.7 Å². The van der Waals surface area contributed by atoms with Gasteiger partial charge in [-0.2, -0.15) is 4.31 Å². The summed E-state index contributed by atoms with van der Waals surface area (Å²) in [6, 6.07) is 18.2. The molecule has 1 amide bonds. The normalized spacial score (nSPS) is 14.4. The molecule has 1 atom stereocenters. The summed E-state index contributed by atoms with van der Waals surface area (Å²) in [6.07, 6.45) is 0. The first-order valence-corrected chi connectivity index (χ1v) is 11.4. The Morgan fingerprint density at radius 3 is 2.48 bits per heavy atom. The van der Waals surface area contributed by atoms with E-state index in [-0.39, 0.29) is 23.4 Å². The third kappa shape index (κ3) is 4.50. The number of likely N-dealkylation sites (N-methyl/N-ethyl adjacent to an activating group) is 1. The average Bonchev–Trinajstić information content (AvgIpc) is 2.78. The molecule has 0 radical (unpaired) electrons. The topological polar surface area (TPSA) is 84.9 Å². The van der Waals surface area contributed by atoms with E-state index >= 15 is 0 Å². The zero-order chi connectivity index (χ0) is 22.0. The molecule has 0 aliphatic carbocycles. The van der Waals surface area contributed by atoms with Crippen LogP contribution >= 0.6 is 0 Å². The van der Waals surface area contributed by atoms with E-state index in [0.717, 1.165) is 20.6 Å². The standard InChI is InChI=1S/C23H24N2O5S/c1-16(18-8-7-17-5-3-4-6-19(17)13-18)24-23(26)15-25(2)31(27,28)20-9-10-21-22(14-20)30-12-11-29-21/h3-10,13-14,16H,11-12,15H2,1-2H3,(H,24,26). The molecule has 162 valence electrons. The van der Waals surface area contributed by atoms with Crippen molar-refractivity contribution in [2.24, 2.45) is 0 Å². The highest BCUT2D eigenvalue weighted by molar-refractivity contribution is 7.89. The Morgan fingerprint density at radius 2 is 1.71 bits per heavy atom. The summed E-state index contributed by atoms with van der Waals surface area (Å²) < 4.78 is 37.7. The summed E-state index contributed by atoms with van der Waals surface area (Å²) >= 11 is 0. The Morgan fingerprint density at radius 1 is 1.00 bits per heavy atom. The number of nitrogens with zero attached hydrogens (tertiary/aromatic N) is 1. The highest BCUT2D eigenvalue weighted by Gasteiger charge is 2.26. The lowest BCUT2D eigenvalue weighted by atomic mass is 10.0. The lowest BCUT2D eigenvalue weighted by Gasteiger charge is -2.22. The van der Waals surface area contributed by atoms with Gasteiger partial charge in [0.25, 0.3) is 0 Å². The first-order chi connectivity index (χ1) is 14.8. The van der Waals surface area contributed by atoms with Crippen LogP contribution in [0.2, 0.25) is 0 Å². The monoisotopic (exact) mass is 440 g/mol. The summed E-state index contributed by atoms with van der Waals surface area (Å²) in [6.45, 7) is 2.36. The van der Waals surface area contributed by atoms with Crippen molar-refractivity contribution in [3.05, 3.63) is 66.2 Å². The lowest BCUT2D eigenvalue weighted by Crippen LogP contribution is -2.39. The first-order valence-electron chi connectivity index (χ1n) is 9.98. The predicted octanol–water partition coefficient (Wildman–Crippen LogP) is 3.11. The summed E-state index contributed by atoms with van der Waals surface area (Å²) in [5.41, 5.74) is 0.949. The molecule has 0 aromatic heterocycles. The molecule has 1 N–H and O–H groups in total. The van der Waals surface area contributed by atoms with Crippen LogP contribution in [0.4, 0.5) is 0 Å². The molecular weight excluding hydrogens is 416 g/mol. The number of ether oxygens (including phenoxy) is 2. The van der Waals surface area contributed by atoms with Crippen molar-refractivity contribution in [1.82, 2.24) is 9.62 Å². The Labute approximate surface area is 181 Å². The van der Waals surface area contributed by atoms with Crippen LogP contribution in [-0.2, 0) is 14.8 Å². The zero-order valence-electron chi connectivity index (χ0n) is 17.4. The molecule has 1 aliphatic rings. The van der Waals surface area contributed by atoms with Gasteiger partial charge >= 0.3 is 0 Å². The molecule has 0 saturated heterocycles. The molecule has 3 aromatic carbocycles. The zero-order valence-corrected chi connectivity index (χ0v) is 18.2. The van der Waals surface area contributed by atoms with Crippen molar-refractivity contribution in [2.75, 3.05) is 26.8 Å². The maximum atomic E-state index is 12.9. The number of rotatable bonds is 6. The van der Waals surface area contributed by atoms with Gasteiger partial charge in [0.1, 0.15) is 13.2 Å². The van der Waals surface area contributed by atoms with Gasteiger partial charge in [0.15, 0.2) is 11.5 Å². The highest BCUT2D eigenvalue weighted by Crippen LogP contribution is 2.33. The molecule has 31 heavy (non-hydrogen) atoms. The number of carbonyl (C=O) groups is 1. The van der Waals surface area contributed by atoms with Crippen LogP contribution in [0.5, 0.6) is 11.5 Å². The van der Waals surface area contributed by atoms with Crippen LogP contribution in [-0.4, -0.2) is 45.4 Å². The SMILES string of the molecule is CC(NC(=O)CN(C)S(=O)(=O)c1ccc2c(c1)OCCO2)c1ccc2ccccc2c1. The van der Waals surface area contributed by atoms with Crippen molar-refractivity contribution in [3.63, 3.8) is 0 Å². The van der Waals surface area contributed by atoms with Crippen LogP contribution in [0, 0.1) is 0 Å². The van der Waals surface area contributed by atoms with Gasteiger partial charge in [0, 0.05) is 13.1 Å². The second kappa shape index (κ2) is 8.56. The van der Waals surface area contributed by atoms with Gasteiger partial charge in [-0.25, -0.2) is 8.42 Å². The van der Waals surface area contributed by atoms with Gasteiger partial charge in [-0.05, 0) is 41.5 Å².